The monoisotopic (exact) mass is 496 g/mol. The van der Waals surface area contributed by atoms with E-state index in [1.807, 2.05) is 31.3 Å². The Balaban J connectivity index is 1.35. The van der Waals surface area contributed by atoms with Crippen LogP contribution >= 0.6 is 0 Å². The van der Waals surface area contributed by atoms with Gasteiger partial charge in [0, 0.05) is 42.4 Å². The molecule has 7 rings (SSSR count). The molecule has 2 aliphatic carbocycles. The van der Waals surface area contributed by atoms with Crippen molar-refractivity contribution in [3.63, 3.8) is 0 Å². The molecular weight excluding hydrogens is 464 g/mol. The number of anilines is 2. The second kappa shape index (κ2) is 8.87. The van der Waals surface area contributed by atoms with Crippen molar-refractivity contribution in [3.8, 4) is 11.3 Å². The number of aryl methyl sites for hydroxylation is 1. The Morgan fingerprint density at radius 2 is 1.92 bits per heavy atom. The van der Waals surface area contributed by atoms with Gasteiger partial charge in [0.25, 0.3) is 5.91 Å². The largest absolute Gasteiger partial charge is 0.383 e. The van der Waals surface area contributed by atoms with Crippen molar-refractivity contribution in [1.29, 1.82) is 0 Å². The topological polar surface area (TPSA) is 106 Å². The van der Waals surface area contributed by atoms with E-state index in [9.17, 15) is 9.59 Å². The molecule has 2 aromatic heterocycles. The van der Waals surface area contributed by atoms with Gasteiger partial charge in [-0.1, -0.05) is 24.8 Å². The molecule has 8 heteroatoms. The maximum atomic E-state index is 13.2. The zero-order valence-electron chi connectivity index (χ0n) is 21.3. The standard InChI is InChI=1S/C29H32N6O2/c1-16(2)28(36)33-21-10-8-19(9-11-21)25-23(24-26(30)31-15-32-27(24)34(25)3)18-4-6-20(7-5-18)29(37)35-14-17-12-22(35)13-17/h4,8-11,15,17,20,22H,1,5-7,12-14H2,2-3H3,(H,33,36)(H2,30,31,32)/t17?,20-,22?/m0/s1. The highest BCUT2D eigenvalue weighted by Gasteiger charge is 2.46. The third-order valence-corrected chi connectivity index (χ3v) is 8.27. The van der Waals surface area contributed by atoms with Gasteiger partial charge in [0.15, 0.2) is 0 Å². The van der Waals surface area contributed by atoms with Crippen LogP contribution in [0.5, 0.6) is 0 Å². The fraction of sp³-hybridized carbons (Fsp3) is 0.379. The van der Waals surface area contributed by atoms with Crippen LogP contribution in [0.2, 0.25) is 0 Å². The van der Waals surface area contributed by atoms with Gasteiger partial charge >= 0.3 is 0 Å². The van der Waals surface area contributed by atoms with Gasteiger partial charge < -0.3 is 20.5 Å². The fourth-order valence-electron chi connectivity index (χ4n) is 6.20. The molecule has 3 aromatic rings. The summed E-state index contributed by atoms with van der Waals surface area (Å²) in [6, 6.07) is 8.23. The Morgan fingerprint density at radius 3 is 2.54 bits per heavy atom. The van der Waals surface area contributed by atoms with Gasteiger partial charge in [-0.2, -0.15) is 0 Å². The van der Waals surface area contributed by atoms with Crippen molar-refractivity contribution in [2.75, 3.05) is 17.6 Å². The minimum Gasteiger partial charge on any atom is -0.383 e. The van der Waals surface area contributed by atoms with E-state index < -0.39 is 0 Å². The molecule has 190 valence electrons. The second-order valence-electron chi connectivity index (χ2n) is 10.7. The van der Waals surface area contributed by atoms with Crippen LogP contribution in [0.4, 0.5) is 11.5 Å². The van der Waals surface area contributed by atoms with Crippen LogP contribution in [0.25, 0.3) is 27.9 Å². The molecule has 0 spiro atoms. The Labute approximate surface area is 216 Å². The normalized spacial score (nSPS) is 22.5. The fourth-order valence-corrected chi connectivity index (χ4v) is 6.20. The predicted octanol–water partition coefficient (Wildman–Crippen LogP) is 4.54. The minimum atomic E-state index is -0.205. The molecule has 0 unspecified atom stereocenters. The second-order valence-corrected chi connectivity index (χ2v) is 10.7. The molecule has 0 radical (unpaired) electrons. The lowest BCUT2D eigenvalue weighted by molar-refractivity contribution is -0.135. The van der Waals surface area contributed by atoms with Crippen molar-refractivity contribution in [1.82, 2.24) is 19.4 Å². The average Bonchev–Trinajstić information content (AvgIpc) is 3.57. The van der Waals surface area contributed by atoms with Gasteiger partial charge in [0.05, 0.1) is 11.1 Å². The number of rotatable bonds is 5. The summed E-state index contributed by atoms with van der Waals surface area (Å²) in [5.74, 6) is 1.34. The Bertz CT molecular complexity index is 1460. The number of nitrogens with zero attached hydrogens (tertiary/aromatic N) is 4. The van der Waals surface area contributed by atoms with Crippen molar-refractivity contribution in [3.05, 3.63) is 54.4 Å². The quantitative estimate of drug-likeness (QED) is 0.505. The number of allylic oxidation sites excluding steroid dienone is 2. The predicted molar refractivity (Wildman–Crippen MR) is 145 cm³/mol. The van der Waals surface area contributed by atoms with E-state index in [1.165, 1.54) is 24.7 Å². The van der Waals surface area contributed by atoms with Gasteiger partial charge in [-0.3, -0.25) is 9.59 Å². The SMILES string of the molecule is C=C(C)C(=O)Nc1ccc(-c2c(C3=CC[C@H](C(=O)N4CC5CC4C5)CC3)c3c(N)ncnc3n2C)cc1. The number of nitrogens with two attached hydrogens (primary N) is 1. The summed E-state index contributed by atoms with van der Waals surface area (Å²) in [7, 11) is 1.99. The number of hydrogen-bond acceptors (Lipinski definition) is 5. The van der Waals surface area contributed by atoms with Crippen LogP contribution in [0.3, 0.4) is 0 Å². The summed E-state index contributed by atoms with van der Waals surface area (Å²) >= 11 is 0. The molecular formula is C29H32N6O2. The number of fused-ring (bicyclic) bond motifs is 2. The van der Waals surface area contributed by atoms with Crippen molar-refractivity contribution >= 4 is 39.9 Å². The molecule has 1 atom stereocenters. The molecule has 4 aliphatic rings. The summed E-state index contributed by atoms with van der Waals surface area (Å²) < 4.78 is 2.06. The van der Waals surface area contributed by atoms with Gasteiger partial charge in [-0.05, 0) is 68.2 Å². The van der Waals surface area contributed by atoms with E-state index >= 15 is 0 Å². The Hall–Kier alpha value is -3.94. The highest BCUT2D eigenvalue weighted by molar-refractivity contribution is 6.05. The molecule has 3 fully saturated rings. The van der Waals surface area contributed by atoms with E-state index in [0.717, 1.165) is 59.6 Å². The number of carbonyl (C=O) groups is 2. The van der Waals surface area contributed by atoms with E-state index in [1.54, 1.807) is 6.92 Å². The third-order valence-electron chi connectivity index (χ3n) is 8.27. The lowest BCUT2D eigenvalue weighted by Crippen LogP contribution is -2.38. The van der Waals surface area contributed by atoms with Crippen LogP contribution in [0.1, 0.15) is 44.6 Å². The Morgan fingerprint density at radius 1 is 1.16 bits per heavy atom. The summed E-state index contributed by atoms with van der Waals surface area (Å²) in [5, 5.41) is 3.70. The van der Waals surface area contributed by atoms with Crippen LogP contribution in [0, 0.1) is 11.8 Å². The zero-order chi connectivity index (χ0) is 25.8. The highest BCUT2D eigenvalue weighted by atomic mass is 16.2. The van der Waals surface area contributed by atoms with E-state index in [0.29, 0.717) is 29.0 Å². The van der Waals surface area contributed by atoms with E-state index in [4.69, 9.17) is 5.73 Å². The van der Waals surface area contributed by atoms with Crippen molar-refractivity contribution in [2.45, 2.75) is 45.1 Å². The first-order valence-corrected chi connectivity index (χ1v) is 13.0. The van der Waals surface area contributed by atoms with Gasteiger partial charge in [-0.15, -0.1) is 0 Å². The first kappa shape index (κ1) is 23.5. The average molecular weight is 497 g/mol. The number of benzene rings is 1. The third kappa shape index (κ3) is 3.91. The highest BCUT2D eigenvalue weighted by Crippen LogP contribution is 2.45. The molecule has 3 N–H and O–H groups in total. The number of hydrogen-bond donors (Lipinski definition) is 2. The van der Waals surface area contributed by atoms with Gasteiger partial charge in [0.1, 0.15) is 17.8 Å². The lowest BCUT2D eigenvalue weighted by Gasteiger charge is -2.30. The number of aromatic nitrogens is 3. The van der Waals surface area contributed by atoms with Crippen molar-refractivity contribution in [2.24, 2.45) is 18.9 Å². The summed E-state index contributed by atoms with van der Waals surface area (Å²) in [6.45, 7) is 6.32. The van der Waals surface area contributed by atoms with Crippen LogP contribution in [0.15, 0.2) is 48.8 Å². The number of carbonyl (C=O) groups excluding carboxylic acids is 2. The minimum absolute atomic E-state index is 0.0475. The summed E-state index contributed by atoms with van der Waals surface area (Å²) in [4.78, 5) is 36.2. The smallest absolute Gasteiger partial charge is 0.250 e. The summed E-state index contributed by atoms with van der Waals surface area (Å²) in [5.41, 5.74) is 12.5. The van der Waals surface area contributed by atoms with Crippen LogP contribution in [-0.2, 0) is 16.6 Å². The summed E-state index contributed by atoms with van der Waals surface area (Å²) in [6.07, 6.45) is 8.45. The van der Waals surface area contributed by atoms with Crippen LogP contribution in [-0.4, -0.2) is 43.8 Å². The van der Waals surface area contributed by atoms with Crippen LogP contribution < -0.4 is 11.1 Å². The van der Waals surface area contributed by atoms with Gasteiger partial charge in [0.2, 0.25) is 5.91 Å². The Kier molecular flexibility index (Phi) is 5.62. The van der Waals surface area contributed by atoms with E-state index in [2.05, 4.69) is 37.4 Å². The molecule has 1 aromatic carbocycles. The molecule has 37 heavy (non-hydrogen) atoms. The number of amides is 2. The molecule has 1 saturated carbocycles. The molecule has 2 aliphatic heterocycles. The number of nitrogen functional groups attached to an aromatic ring is 1. The molecule has 2 saturated heterocycles. The molecule has 2 amide bonds. The maximum Gasteiger partial charge on any atom is 0.250 e. The maximum absolute atomic E-state index is 13.2. The lowest BCUT2D eigenvalue weighted by atomic mass is 9.83. The first-order chi connectivity index (χ1) is 17.8. The molecule has 2 bridgehead atoms. The van der Waals surface area contributed by atoms with Gasteiger partial charge in [-0.25, -0.2) is 9.97 Å². The van der Waals surface area contributed by atoms with Crippen molar-refractivity contribution < 1.29 is 9.59 Å². The molecule has 4 heterocycles. The molecule has 8 nitrogen and oxygen atoms in total. The number of nitrogens with one attached hydrogen (secondary N) is 1. The first-order valence-electron chi connectivity index (χ1n) is 13.0. The van der Waals surface area contributed by atoms with E-state index in [-0.39, 0.29) is 11.8 Å². The zero-order valence-corrected chi connectivity index (χ0v) is 21.3.